The maximum absolute atomic E-state index is 10.8. The molecule has 84 valence electrons. The molecule has 2 rings (SSSR count). The number of aromatic nitrogens is 2. The third-order valence-corrected chi connectivity index (χ3v) is 2.58. The number of hydrogen-bond donors (Lipinski definition) is 1. The van der Waals surface area contributed by atoms with Crippen LogP contribution in [-0.4, -0.2) is 16.3 Å². The van der Waals surface area contributed by atoms with E-state index in [1.807, 2.05) is 13.8 Å². The molecule has 0 aliphatic heterocycles. The van der Waals surface area contributed by atoms with E-state index >= 15 is 0 Å². The number of carbonyl (C=O) groups excluding carboxylic acids is 1. The van der Waals surface area contributed by atoms with Crippen LogP contribution in [0.1, 0.15) is 24.3 Å². The first-order valence-electron chi connectivity index (χ1n) is 4.89. The zero-order chi connectivity index (χ0) is 12.0. The molecule has 0 unspecified atom stereocenters. The third kappa shape index (κ3) is 2.87. The zero-order valence-corrected chi connectivity index (χ0v) is 9.88. The first-order chi connectivity index (χ1) is 7.79. The lowest BCUT2D eigenvalue weighted by atomic mass is 10.3. The van der Waals surface area contributed by atoms with Crippen molar-refractivity contribution in [3.8, 4) is 10.6 Å². The summed E-state index contributed by atoms with van der Waals surface area (Å²) in [6.45, 7) is 4.00. The summed E-state index contributed by atoms with van der Waals surface area (Å²) >= 11 is 1.37. The molecule has 0 spiro atoms. The van der Waals surface area contributed by atoms with Crippen LogP contribution in [0.25, 0.3) is 10.6 Å². The number of aldehydes is 1. The van der Waals surface area contributed by atoms with Crippen LogP contribution >= 0.6 is 11.3 Å². The van der Waals surface area contributed by atoms with Crippen LogP contribution in [0.5, 0.6) is 0 Å². The summed E-state index contributed by atoms with van der Waals surface area (Å²) in [7, 11) is 0. The molecule has 0 saturated carbocycles. The van der Waals surface area contributed by atoms with Crippen molar-refractivity contribution in [1.29, 1.82) is 0 Å². The summed E-state index contributed by atoms with van der Waals surface area (Å²) in [5.41, 5.74) is 1.07. The van der Waals surface area contributed by atoms with E-state index in [9.17, 15) is 9.59 Å². The van der Waals surface area contributed by atoms with Gasteiger partial charge in [0.2, 0.25) is 5.56 Å². The maximum atomic E-state index is 10.8. The van der Waals surface area contributed by atoms with Gasteiger partial charge < -0.3 is 4.98 Å². The highest BCUT2D eigenvalue weighted by Crippen LogP contribution is 2.21. The number of aromatic amines is 1. The molecule has 0 aliphatic carbocycles. The normalized spacial score (nSPS) is 9.12. The van der Waals surface area contributed by atoms with E-state index in [4.69, 9.17) is 0 Å². The Bertz CT molecular complexity index is 496. The predicted octanol–water partition coefficient (Wildman–Crippen LogP) is 2.34. The van der Waals surface area contributed by atoms with Gasteiger partial charge in [0.05, 0.1) is 0 Å². The Kier molecular flexibility index (Phi) is 4.60. The minimum atomic E-state index is -0.152. The molecule has 5 heteroatoms. The van der Waals surface area contributed by atoms with Crippen LogP contribution in [0.3, 0.4) is 0 Å². The van der Waals surface area contributed by atoms with Gasteiger partial charge in [-0.1, -0.05) is 13.8 Å². The lowest BCUT2D eigenvalue weighted by molar-refractivity contribution is 0.111. The van der Waals surface area contributed by atoms with Crippen LogP contribution < -0.4 is 5.56 Å². The van der Waals surface area contributed by atoms with Crippen molar-refractivity contribution in [1.82, 2.24) is 9.97 Å². The van der Waals surface area contributed by atoms with Crippen LogP contribution in [0.15, 0.2) is 28.5 Å². The van der Waals surface area contributed by atoms with E-state index in [1.165, 1.54) is 17.4 Å². The summed E-state index contributed by atoms with van der Waals surface area (Å²) in [4.78, 5) is 27.8. The van der Waals surface area contributed by atoms with E-state index < -0.39 is 0 Å². The van der Waals surface area contributed by atoms with Gasteiger partial charge in [-0.05, 0) is 6.07 Å². The molecule has 0 saturated heterocycles. The first kappa shape index (κ1) is 12.3. The van der Waals surface area contributed by atoms with Gasteiger partial charge in [-0.15, -0.1) is 11.3 Å². The largest absolute Gasteiger partial charge is 0.328 e. The van der Waals surface area contributed by atoms with Gasteiger partial charge in [0.1, 0.15) is 10.7 Å². The van der Waals surface area contributed by atoms with E-state index in [0.29, 0.717) is 12.0 Å². The molecule has 1 N–H and O–H groups in total. The summed E-state index contributed by atoms with van der Waals surface area (Å²) in [6.07, 6.45) is 2.28. The molecule has 4 nitrogen and oxygen atoms in total. The fourth-order valence-corrected chi connectivity index (χ4v) is 1.78. The number of carbonyl (C=O) groups is 1. The minimum Gasteiger partial charge on any atom is -0.328 e. The molecule has 0 bridgehead atoms. The van der Waals surface area contributed by atoms with Crippen LogP contribution in [0, 0.1) is 0 Å². The molecule has 0 atom stereocenters. The molecular formula is C11H12N2O2S. The van der Waals surface area contributed by atoms with Crippen molar-refractivity contribution in [2.75, 3.05) is 0 Å². The molecule has 0 amide bonds. The summed E-state index contributed by atoms with van der Waals surface area (Å²) in [5.74, 6) is 0. The molecule has 16 heavy (non-hydrogen) atoms. The molecule has 0 aliphatic rings. The molecule has 0 fully saturated rings. The van der Waals surface area contributed by atoms with Crippen molar-refractivity contribution in [2.45, 2.75) is 13.8 Å². The maximum Gasteiger partial charge on any atom is 0.247 e. The highest BCUT2D eigenvalue weighted by atomic mass is 32.1. The zero-order valence-electron chi connectivity index (χ0n) is 9.06. The Hall–Kier alpha value is -1.75. The second-order valence-electron chi connectivity index (χ2n) is 2.64. The smallest absolute Gasteiger partial charge is 0.247 e. The Morgan fingerprint density at radius 1 is 1.38 bits per heavy atom. The third-order valence-electron chi connectivity index (χ3n) is 1.67. The molecule has 2 aromatic rings. The second kappa shape index (κ2) is 5.97. The van der Waals surface area contributed by atoms with Crippen molar-refractivity contribution >= 4 is 17.6 Å². The van der Waals surface area contributed by atoms with E-state index in [1.54, 1.807) is 17.6 Å². The first-order valence-corrected chi connectivity index (χ1v) is 5.77. The van der Waals surface area contributed by atoms with E-state index in [0.717, 1.165) is 10.6 Å². The van der Waals surface area contributed by atoms with Gasteiger partial charge in [-0.3, -0.25) is 9.59 Å². The Morgan fingerprint density at radius 2 is 2.12 bits per heavy atom. The van der Waals surface area contributed by atoms with Crippen LogP contribution in [-0.2, 0) is 0 Å². The van der Waals surface area contributed by atoms with Gasteiger partial charge in [0, 0.05) is 23.2 Å². The molecule has 0 aromatic carbocycles. The summed E-state index contributed by atoms with van der Waals surface area (Å²) in [6, 6.07) is 3.10. The van der Waals surface area contributed by atoms with Gasteiger partial charge in [0.25, 0.3) is 0 Å². The predicted molar refractivity (Wildman–Crippen MR) is 64.9 cm³/mol. The minimum absolute atomic E-state index is 0.152. The number of H-pyrrole nitrogens is 1. The lowest BCUT2D eigenvalue weighted by Gasteiger charge is -1.92. The summed E-state index contributed by atoms with van der Waals surface area (Å²) in [5, 5.41) is 2.40. The highest BCUT2D eigenvalue weighted by molar-refractivity contribution is 7.13. The molecular weight excluding hydrogens is 224 g/mol. The second-order valence-corrected chi connectivity index (χ2v) is 3.50. The molecule has 2 aromatic heterocycles. The van der Waals surface area contributed by atoms with Gasteiger partial charge >= 0.3 is 0 Å². The van der Waals surface area contributed by atoms with Crippen LogP contribution in [0.4, 0.5) is 0 Å². The monoisotopic (exact) mass is 236 g/mol. The number of nitrogens with zero attached hydrogens (tertiary/aromatic N) is 1. The van der Waals surface area contributed by atoms with E-state index in [-0.39, 0.29) is 5.56 Å². The van der Waals surface area contributed by atoms with Crippen molar-refractivity contribution in [3.05, 3.63) is 39.8 Å². The van der Waals surface area contributed by atoms with Gasteiger partial charge in [0.15, 0.2) is 6.29 Å². The van der Waals surface area contributed by atoms with Gasteiger partial charge in [-0.2, -0.15) is 0 Å². The standard InChI is InChI=1S/C9H6N2O2S.C2H6/c12-4-7-5-14-9(11-7)6-1-2-8(13)10-3-6;1-2/h1-5H,(H,10,13);1-2H3. The fourth-order valence-electron chi connectivity index (χ4n) is 1.02. The number of hydrogen-bond acceptors (Lipinski definition) is 4. The summed E-state index contributed by atoms with van der Waals surface area (Å²) < 4.78 is 0. The number of thiazole rings is 1. The fraction of sp³-hybridized carbons (Fsp3) is 0.182. The number of nitrogens with one attached hydrogen (secondary N) is 1. The Balaban J connectivity index is 0.000000606. The number of pyridine rings is 1. The van der Waals surface area contributed by atoms with Crippen LogP contribution in [0.2, 0.25) is 0 Å². The van der Waals surface area contributed by atoms with E-state index in [2.05, 4.69) is 9.97 Å². The average molecular weight is 236 g/mol. The number of rotatable bonds is 2. The quantitative estimate of drug-likeness (QED) is 0.814. The SMILES string of the molecule is CC.O=Cc1csc(-c2ccc(=O)[nH]c2)n1. The average Bonchev–Trinajstić information content (AvgIpc) is 2.81. The van der Waals surface area contributed by atoms with Crippen molar-refractivity contribution in [3.63, 3.8) is 0 Å². The molecule has 2 heterocycles. The lowest BCUT2D eigenvalue weighted by Crippen LogP contribution is -2.01. The topological polar surface area (TPSA) is 62.8 Å². The van der Waals surface area contributed by atoms with Gasteiger partial charge in [-0.25, -0.2) is 4.98 Å². The Labute approximate surface area is 97.0 Å². The molecule has 0 radical (unpaired) electrons. The van der Waals surface area contributed by atoms with Crippen molar-refractivity contribution in [2.24, 2.45) is 0 Å². The highest BCUT2D eigenvalue weighted by Gasteiger charge is 2.03. The Morgan fingerprint density at radius 3 is 2.62 bits per heavy atom. The van der Waals surface area contributed by atoms with Crippen molar-refractivity contribution < 1.29 is 4.79 Å².